The van der Waals surface area contributed by atoms with Crippen LogP contribution < -0.4 is 10.1 Å². The third-order valence-electron chi connectivity index (χ3n) is 3.62. The van der Waals surface area contributed by atoms with Gasteiger partial charge < -0.3 is 15.2 Å². The third kappa shape index (κ3) is 5.40. The van der Waals surface area contributed by atoms with Gasteiger partial charge in [-0.05, 0) is 23.8 Å². The largest absolute Gasteiger partial charge is 0.573 e. The number of nitrogens with one attached hydrogen (secondary N) is 1. The van der Waals surface area contributed by atoms with Gasteiger partial charge in [0.2, 0.25) is 5.91 Å². The van der Waals surface area contributed by atoms with Gasteiger partial charge in [-0.15, -0.1) is 13.2 Å². The van der Waals surface area contributed by atoms with Gasteiger partial charge in [0.1, 0.15) is 5.75 Å². The SMILES string of the molecule is CCC(=O)Nc1ccc(C(S)c2ccccc2OC(F)(F)F)cc1C(=O)O. The fraction of sp³-hybridized carbons (Fsp3) is 0.222. The lowest BCUT2D eigenvalue weighted by Gasteiger charge is -2.19. The predicted molar refractivity (Wildman–Crippen MR) is 96.3 cm³/mol. The summed E-state index contributed by atoms with van der Waals surface area (Å²) in [7, 11) is 0. The average Bonchev–Trinajstić information content (AvgIpc) is 2.60. The molecule has 5 nitrogen and oxygen atoms in total. The molecule has 0 aliphatic carbocycles. The van der Waals surface area contributed by atoms with Gasteiger partial charge in [0, 0.05) is 12.0 Å². The van der Waals surface area contributed by atoms with Gasteiger partial charge >= 0.3 is 12.3 Å². The average molecular weight is 399 g/mol. The van der Waals surface area contributed by atoms with E-state index in [2.05, 4.69) is 22.7 Å². The van der Waals surface area contributed by atoms with Gasteiger partial charge in [-0.3, -0.25) is 4.79 Å². The molecule has 2 aromatic rings. The summed E-state index contributed by atoms with van der Waals surface area (Å²) in [6.07, 6.45) is -4.71. The van der Waals surface area contributed by atoms with Gasteiger partial charge in [0.15, 0.2) is 0 Å². The first-order chi connectivity index (χ1) is 12.6. The topological polar surface area (TPSA) is 75.6 Å². The molecule has 0 saturated carbocycles. The number of carbonyl (C=O) groups excluding carboxylic acids is 1. The number of ether oxygens (including phenoxy) is 1. The zero-order chi connectivity index (χ0) is 20.2. The smallest absolute Gasteiger partial charge is 0.478 e. The lowest BCUT2D eigenvalue weighted by molar-refractivity contribution is -0.274. The monoisotopic (exact) mass is 399 g/mol. The standard InChI is InChI=1S/C18H16F3NO4S/c1-2-15(23)22-13-8-7-10(9-12(13)17(24)25)16(27)11-5-3-4-6-14(11)26-18(19,20)21/h3-9,16,27H,2H2,1H3,(H,22,23)(H,24,25). The highest BCUT2D eigenvalue weighted by molar-refractivity contribution is 7.80. The van der Waals surface area contributed by atoms with Crippen LogP contribution in [0.4, 0.5) is 18.9 Å². The highest BCUT2D eigenvalue weighted by atomic mass is 32.1. The minimum atomic E-state index is -4.87. The maximum absolute atomic E-state index is 12.6. The molecule has 0 radical (unpaired) electrons. The van der Waals surface area contributed by atoms with Crippen LogP contribution in [0, 0.1) is 0 Å². The van der Waals surface area contributed by atoms with Crippen LogP contribution in [-0.4, -0.2) is 23.3 Å². The Kier molecular flexibility index (Phi) is 6.37. The molecule has 1 unspecified atom stereocenters. The van der Waals surface area contributed by atoms with Crippen molar-refractivity contribution < 1.29 is 32.6 Å². The number of amides is 1. The molecule has 0 heterocycles. The van der Waals surface area contributed by atoms with Crippen molar-refractivity contribution in [1.29, 1.82) is 0 Å². The molecule has 2 N–H and O–H groups in total. The summed E-state index contributed by atoms with van der Waals surface area (Å²) >= 11 is 4.34. The molecule has 0 saturated heterocycles. The molecule has 144 valence electrons. The number of anilines is 1. The van der Waals surface area contributed by atoms with Crippen LogP contribution in [0.25, 0.3) is 0 Å². The van der Waals surface area contributed by atoms with Gasteiger partial charge in [-0.1, -0.05) is 31.2 Å². The number of carbonyl (C=O) groups is 2. The van der Waals surface area contributed by atoms with Gasteiger partial charge in [0.05, 0.1) is 16.5 Å². The molecule has 1 amide bonds. The highest BCUT2D eigenvalue weighted by Crippen LogP contribution is 2.38. The van der Waals surface area contributed by atoms with E-state index in [1.807, 2.05) is 0 Å². The van der Waals surface area contributed by atoms with Crippen LogP contribution in [0.5, 0.6) is 5.75 Å². The Hall–Kier alpha value is -2.68. The second kappa shape index (κ2) is 8.34. The zero-order valence-electron chi connectivity index (χ0n) is 14.1. The van der Waals surface area contributed by atoms with E-state index in [0.29, 0.717) is 5.56 Å². The van der Waals surface area contributed by atoms with E-state index in [1.54, 1.807) is 6.92 Å². The molecule has 0 aliphatic heterocycles. The Morgan fingerprint density at radius 3 is 2.48 bits per heavy atom. The Morgan fingerprint density at radius 2 is 1.89 bits per heavy atom. The normalized spacial score (nSPS) is 12.3. The minimum Gasteiger partial charge on any atom is -0.478 e. The first kappa shape index (κ1) is 20.6. The number of hydrogen-bond donors (Lipinski definition) is 3. The summed E-state index contributed by atoms with van der Waals surface area (Å²) in [6.45, 7) is 1.62. The molecular formula is C18H16F3NO4S. The van der Waals surface area contributed by atoms with Crippen molar-refractivity contribution in [3.8, 4) is 5.75 Å². The zero-order valence-corrected chi connectivity index (χ0v) is 15.0. The summed E-state index contributed by atoms with van der Waals surface area (Å²) in [5.41, 5.74) is 0.365. The molecule has 0 bridgehead atoms. The molecule has 0 aromatic heterocycles. The number of thiol groups is 1. The number of carboxylic acid groups (broad SMARTS) is 1. The van der Waals surface area contributed by atoms with Crippen LogP contribution in [0.3, 0.4) is 0 Å². The summed E-state index contributed by atoms with van der Waals surface area (Å²) < 4.78 is 41.8. The van der Waals surface area contributed by atoms with Gasteiger partial charge in [0.25, 0.3) is 0 Å². The van der Waals surface area contributed by atoms with E-state index in [-0.39, 0.29) is 29.1 Å². The Morgan fingerprint density at radius 1 is 1.22 bits per heavy atom. The van der Waals surface area contributed by atoms with Crippen LogP contribution in [-0.2, 0) is 4.79 Å². The van der Waals surface area contributed by atoms with Crippen molar-refractivity contribution >= 4 is 30.2 Å². The molecule has 2 rings (SSSR count). The quantitative estimate of drug-likeness (QED) is 0.618. The van der Waals surface area contributed by atoms with E-state index in [1.165, 1.54) is 36.4 Å². The Balaban J connectivity index is 2.43. The molecule has 0 fully saturated rings. The van der Waals surface area contributed by atoms with E-state index in [4.69, 9.17) is 0 Å². The number of alkyl halides is 3. The summed E-state index contributed by atoms with van der Waals surface area (Å²) in [6, 6.07) is 9.59. The molecule has 2 aromatic carbocycles. The first-order valence-electron chi connectivity index (χ1n) is 7.82. The van der Waals surface area contributed by atoms with Crippen molar-refractivity contribution in [2.24, 2.45) is 0 Å². The lowest BCUT2D eigenvalue weighted by atomic mass is 10.00. The Labute approximate surface area is 158 Å². The number of hydrogen-bond acceptors (Lipinski definition) is 4. The summed E-state index contributed by atoms with van der Waals surface area (Å²) in [5, 5.41) is 11.0. The summed E-state index contributed by atoms with van der Waals surface area (Å²) in [5.74, 6) is -2.08. The lowest BCUT2D eigenvalue weighted by Crippen LogP contribution is -2.18. The Bertz CT molecular complexity index is 855. The van der Waals surface area contributed by atoms with E-state index >= 15 is 0 Å². The molecule has 1 atom stereocenters. The maximum atomic E-state index is 12.6. The first-order valence-corrected chi connectivity index (χ1v) is 8.34. The third-order valence-corrected chi connectivity index (χ3v) is 4.20. The molecule has 0 aliphatic rings. The van der Waals surface area contributed by atoms with Crippen molar-refractivity contribution in [3.63, 3.8) is 0 Å². The summed E-state index contributed by atoms with van der Waals surface area (Å²) in [4.78, 5) is 23.0. The fourth-order valence-corrected chi connectivity index (χ4v) is 2.73. The maximum Gasteiger partial charge on any atom is 0.573 e. The molecule has 27 heavy (non-hydrogen) atoms. The van der Waals surface area contributed by atoms with Crippen molar-refractivity contribution in [2.75, 3.05) is 5.32 Å². The number of rotatable bonds is 6. The highest BCUT2D eigenvalue weighted by Gasteiger charge is 2.33. The van der Waals surface area contributed by atoms with Crippen molar-refractivity contribution in [3.05, 3.63) is 59.2 Å². The fourth-order valence-electron chi connectivity index (χ4n) is 2.36. The second-order valence-electron chi connectivity index (χ2n) is 5.50. The van der Waals surface area contributed by atoms with E-state index < -0.39 is 23.3 Å². The van der Waals surface area contributed by atoms with Crippen molar-refractivity contribution in [1.82, 2.24) is 0 Å². The van der Waals surface area contributed by atoms with Crippen molar-refractivity contribution in [2.45, 2.75) is 25.0 Å². The molecule has 0 spiro atoms. The predicted octanol–water partition coefficient (Wildman–Crippen LogP) is 4.65. The number of aromatic carboxylic acids is 1. The van der Waals surface area contributed by atoms with Gasteiger partial charge in [-0.2, -0.15) is 12.6 Å². The van der Waals surface area contributed by atoms with Crippen LogP contribution in [0.1, 0.15) is 40.1 Å². The second-order valence-corrected chi connectivity index (χ2v) is 6.02. The van der Waals surface area contributed by atoms with Crippen LogP contribution in [0.15, 0.2) is 42.5 Å². The molecule has 9 heteroatoms. The number of halogens is 3. The van der Waals surface area contributed by atoms with E-state index in [0.717, 1.165) is 6.07 Å². The van der Waals surface area contributed by atoms with Gasteiger partial charge in [-0.25, -0.2) is 4.79 Å². The molecular weight excluding hydrogens is 383 g/mol. The van der Waals surface area contributed by atoms with Crippen LogP contribution in [0.2, 0.25) is 0 Å². The minimum absolute atomic E-state index is 0.0958. The van der Waals surface area contributed by atoms with E-state index in [9.17, 15) is 27.9 Å². The number of carboxylic acids is 1. The number of para-hydroxylation sites is 1. The van der Waals surface area contributed by atoms with Crippen LogP contribution >= 0.6 is 12.6 Å². The number of benzene rings is 2.